The van der Waals surface area contributed by atoms with Gasteiger partial charge in [-0.1, -0.05) is 30.1 Å². The van der Waals surface area contributed by atoms with Crippen molar-refractivity contribution < 1.29 is 13.5 Å². The van der Waals surface area contributed by atoms with Crippen molar-refractivity contribution in [1.29, 1.82) is 5.26 Å². The Bertz CT molecular complexity index is 1360. The Morgan fingerprint density at radius 3 is 2.88 bits per heavy atom. The van der Waals surface area contributed by atoms with Crippen LogP contribution in [0.5, 0.6) is 5.75 Å². The molecule has 0 bridgehead atoms. The Hall–Kier alpha value is -3.57. The second kappa shape index (κ2) is 8.52. The zero-order chi connectivity index (χ0) is 22.9. The first-order valence-electron chi connectivity index (χ1n) is 9.92. The van der Waals surface area contributed by atoms with Gasteiger partial charge in [-0.3, -0.25) is 9.36 Å². The van der Waals surface area contributed by atoms with Gasteiger partial charge in [-0.15, -0.1) is 0 Å². The zero-order valence-corrected chi connectivity index (χ0v) is 18.0. The molecule has 1 aromatic carbocycles. The number of allylic oxidation sites excluding steroid dienone is 4. The lowest BCUT2D eigenvalue weighted by molar-refractivity contribution is 0.0953. The topological polar surface area (TPSA) is 67.9 Å². The Morgan fingerprint density at radius 1 is 1.44 bits per heavy atom. The highest BCUT2D eigenvalue weighted by Crippen LogP contribution is 2.49. The highest BCUT2D eigenvalue weighted by Gasteiger charge is 2.56. The van der Waals surface area contributed by atoms with E-state index in [1.165, 1.54) is 4.57 Å². The Labute approximate surface area is 187 Å². The molecule has 0 spiro atoms. The van der Waals surface area contributed by atoms with E-state index < -0.39 is 11.8 Å². The lowest BCUT2D eigenvalue weighted by atomic mass is 10.0. The minimum absolute atomic E-state index is 0.0248. The van der Waals surface area contributed by atoms with E-state index in [2.05, 4.69) is 17.6 Å². The van der Waals surface area contributed by atoms with Gasteiger partial charge in [0.2, 0.25) is 0 Å². The highest BCUT2D eigenvalue weighted by atomic mass is 32.1. The molecule has 0 saturated heterocycles. The van der Waals surface area contributed by atoms with Gasteiger partial charge in [-0.05, 0) is 49.4 Å². The van der Waals surface area contributed by atoms with Gasteiger partial charge in [0.1, 0.15) is 16.3 Å². The van der Waals surface area contributed by atoms with Crippen LogP contribution in [-0.4, -0.2) is 15.5 Å². The van der Waals surface area contributed by atoms with Crippen molar-refractivity contribution in [2.45, 2.75) is 25.8 Å². The van der Waals surface area contributed by atoms with Crippen LogP contribution in [0, 0.1) is 17.2 Å². The van der Waals surface area contributed by atoms with E-state index in [-0.39, 0.29) is 17.8 Å². The predicted octanol–water partition coefficient (Wildman–Crippen LogP) is 5.68. The van der Waals surface area contributed by atoms with Gasteiger partial charge < -0.3 is 4.74 Å². The first-order chi connectivity index (χ1) is 15.4. The van der Waals surface area contributed by atoms with Crippen molar-refractivity contribution >= 4 is 21.7 Å². The lowest BCUT2D eigenvalue weighted by Crippen LogP contribution is -2.15. The third kappa shape index (κ3) is 4.25. The molecule has 1 atom stereocenters. The molecule has 1 fully saturated rings. The first-order valence-corrected chi connectivity index (χ1v) is 10.7. The zero-order valence-electron chi connectivity index (χ0n) is 17.2. The fraction of sp³-hybridized carbons (Fsp3) is 0.208. The smallest absolute Gasteiger partial charge is 0.309 e. The van der Waals surface area contributed by atoms with Crippen molar-refractivity contribution in [3.8, 4) is 23.1 Å². The van der Waals surface area contributed by atoms with Gasteiger partial charge >= 0.3 is 4.87 Å². The monoisotopic (exact) mass is 451 g/mol. The van der Waals surface area contributed by atoms with E-state index >= 15 is 0 Å². The molecule has 0 N–H and O–H groups in total. The number of pyridine rings is 1. The number of fused-ring (bicyclic) bond motifs is 1. The average molecular weight is 451 g/mol. The van der Waals surface area contributed by atoms with Crippen molar-refractivity contribution in [1.82, 2.24) is 9.55 Å². The van der Waals surface area contributed by atoms with Gasteiger partial charge in [0, 0.05) is 24.4 Å². The molecule has 4 rings (SSSR count). The molecular weight excluding hydrogens is 432 g/mol. The number of rotatable bonds is 7. The molecule has 1 unspecified atom stereocenters. The van der Waals surface area contributed by atoms with Gasteiger partial charge in [-0.2, -0.15) is 5.26 Å². The van der Waals surface area contributed by atoms with Crippen LogP contribution < -0.4 is 9.61 Å². The summed E-state index contributed by atoms with van der Waals surface area (Å²) in [7, 11) is 0. The quantitative estimate of drug-likeness (QED) is 0.343. The summed E-state index contributed by atoms with van der Waals surface area (Å²) in [6.07, 6.45) is 6.74. The van der Waals surface area contributed by atoms with Gasteiger partial charge in [0.25, 0.3) is 5.92 Å². The summed E-state index contributed by atoms with van der Waals surface area (Å²) < 4.78 is 33.9. The summed E-state index contributed by atoms with van der Waals surface area (Å²) >= 11 is 0.907. The normalized spacial score (nSPS) is 17.4. The molecule has 1 aliphatic carbocycles. The summed E-state index contributed by atoms with van der Waals surface area (Å²) in [5.74, 6) is -2.43. The molecule has 32 heavy (non-hydrogen) atoms. The summed E-state index contributed by atoms with van der Waals surface area (Å²) in [6.45, 7) is 5.52. The van der Waals surface area contributed by atoms with Crippen molar-refractivity contribution in [2.75, 3.05) is 0 Å². The number of hydrogen-bond acceptors (Lipinski definition) is 5. The number of ether oxygens (including phenoxy) is 1. The average Bonchev–Trinajstić information content (AvgIpc) is 3.25. The van der Waals surface area contributed by atoms with Gasteiger partial charge in [-0.25, -0.2) is 13.8 Å². The molecule has 2 aromatic heterocycles. The van der Waals surface area contributed by atoms with E-state index in [1.54, 1.807) is 48.6 Å². The highest BCUT2D eigenvalue weighted by molar-refractivity contribution is 7.16. The molecule has 5 nitrogen and oxygen atoms in total. The van der Waals surface area contributed by atoms with Crippen LogP contribution in [0.3, 0.4) is 0 Å². The third-order valence-electron chi connectivity index (χ3n) is 5.13. The minimum Gasteiger partial charge on any atom is -0.457 e. The van der Waals surface area contributed by atoms with Crippen LogP contribution >= 0.6 is 11.3 Å². The predicted molar refractivity (Wildman–Crippen MR) is 121 cm³/mol. The number of alkyl halides is 2. The number of halogens is 2. The van der Waals surface area contributed by atoms with Crippen LogP contribution in [0.4, 0.5) is 8.78 Å². The number of nitrogens with zero attached hydrogens (tertiary/aromatic N) is 3. The summed E-state index contributed by atoms with van der Waals surface area (Å²) in [4.78, 5) is 17.1. The molecule has 1 saturated carbocycles. The molecule has 8 heteroatoms. The molecule has 3 aromatic rings. The van der Waals surface area contributed by atoms with Crippen LogP contribution in [-0.2, 0) is 6.54 Å². The van der Waals surface area contributed by atoms with E-state index in [0.717, 1.165) is 11.3 Å². The van der Waals surface area contributed by atoms with E-state index in [4.69, 9.17) is 4.74 Å². The molecule has 0 amide bonds. The number of thiazole rings is 1. The fourth-order valence-electron chi connectivity index (χ4n) is 3.40. The number of benzene rings is 1. The molecule has 0 radical (unpaired) electrons. The Kier molecular flexibility index (Phi) is 5.76. The van der Waals surface area contributed by atoms with E-state index in [0.29, 0.717) is 38.7 Å². The number of nitriles is 1. The van der Waals surface area contributed by atoms with E-state index in [9.17, 15) is 18.8 Å². The van der Waals surface area contributed by atoms with Crippen LogP contribution in [0.25, 0.3) is 21.6 Å². The number of aromatic nitrogens is 2. The summed E-state index contributed by atoms with van der Waals surface area (Å²) in [5, 5.41) is 9.56. The first kappa shape index (κ1) is 21.7. The van der Waals surface area contributed by atoms with Crippen LogP contribution in [0.2, 0.25) is 0 Å². The summed E-state index contributed by atoms with van der Waals surface area (Å²) in [5.41, 5.74) is 1.95. The van der Waals surface area contributed by atoms with Crippen molar-refractivity contribution in [3.63, 3.8) is 0 Å². The molecular formula is C24H19F2N3O2S. The van der Waals surface area contributed by atoms with E-state index in [1.807, 2.05) is 13.0 Å². The fourth-order valence-corrected chi connectivity index (χ4v) is 4.27. The maximum absolute atomic E-state index is 13.3. The lowest BCUT2D eigenvalue weighted by Gasteiger charge is -2.10. The Balaban J connectivity index is 1.71. The molecule has 162 valence electrons. The second-order valence-electron chi connectivity index (χ2n) is 7.39. The maximum Gasteiger partial charge on any atom is 0.309 e. The maximum atomic E-state index is 13.3. The second-order valence-corrected chi connectivity index (χ2v) is 8.33. The molecule has 0 aliphatic heterocycles. The SMILES string of the molecule is C=CC=C(C=CC)Oc1ccc(C#N)c(-c2ccc3c(n2)sc(=O)n3CC2CC2(F)F)c1. The van der Waals surface area contributed by atoms with Crippen molar-refractivity contribution in [3.05, 3.63) is 82.2 Å². The van der Waals surface area contributed by atoms with Crippen molar-refractivity contribution in [2.24, 2.45) is 5.92 Å². The summed E-state index contributed by atoms with van der Waals surface area (Å²) in [6, 6.07) is 10.5. The molecule has 2 heterocycles. The number of hydrogen-bond donors (Lipinski definition) is 0. The van der Waals surface area contributed by atoms with Crippen LogP contribution in [0.1, 0.15) is 18.9 Å². The Morgan fingerprint density at radius 2 is 2.22 bits per heavy atom. The largest absolute Gasteiger partial charge is 0.457 e. The van der Waals surface area contributed by atoms with Gasteiger partial charge in [0.15, 0.2) is 0 Å². The molecule has 1 aliphatic rings. The third-order valence-corrected chi connectivity index (χ3v) is 6.02. The van der Waals surface area contributed by atoms with Crippen LogP contribution in [0.15, 0.2) is 71.8 Å². The minimum atomic E-state index is -2.70. The standard InChI is InChI=1S/C24H19F2N3O2S/c1-3-5-17(6-4-2)31-18-8-7-15(13-27)19(11-18)20-9-10-21-22(28-20)32-23(30)29(21)14-16-12-24(16,25)26/h3-11,16H,1,12,14H2,2H3. The van der Waals surface area contributed by atoms with Gasteiger partial charge in [0.05, 0.1) is 22.8 Å².